The van der Waals surface area contributed by atoms with E-state index in [0.29, 0.717) is 16.6 Å². The highest BCUT2D eigenvalue weighted by Gasteiger charge is 2.13. The summed E-state index contributed by atoms with van der Waals surface area (Å²) >= 11 is 0. The average molecular weight is 353 g/mol. The Morgan fingerprint density at radius 2 is 1.69 bits per heavy atom. The van der Waals surface area contributed by atoms with E-state index in [1.807, 2.05) is 44.2 Å². The van der Waals surface area contributed by atoms with Gasteiger partial charge < -0.3 is 10.3 Å². The molecule has 3 rings (SSSR count). The second-order valence-corrected chi connectivity index (χ2v) is 5.05. The van der Waals surface area contributed by atoms with Crippen LogP contribution >= 0.6 is 0 Å². The molecule has 1 aromatic heterocycles. The standard InChI is InChI=1S/C17H13N3O4.C2H6/c21-14(22)10-20-13-9-5-4-8-12(13)15(11-6-2-1-3-7-11)18-16(19-24)17(20)23;1-2/h1-9,24H,10H2,(H,21,22);1-2H3/b19-16-;. The smallest absolute Gasteiger partial charge is 0.323 e. The van der Waals surface area contributed by atoms with Crippen LogP contribution in [0.25, 0.3) is 22.2 Å². The Bertz CT molecular complexity index is 1040. The molecule has 0 fully saturated rings. The van der Waals surface area contributed by atoms with Gasteiger partial charge in [0.15, 0.2) is 0 Å². The van der Waals surface area contributed by atoms with Crippen molar-refractivity contribution < 1.29 is 15.1 Å². The molecular formula is C19H19N3O4. The Morgan fingerprint density at radius 1 is 1.08 bits per heavy atom. The fourth-order valence-corrected chi connectivity index (χ4v) is 2.53. The summed E-state index contributed by atoms with van der Waals surface area (Å²) in [5.74, 6) is -1.18. The van der Waals surface area contributed by atoms with Crippen molar-refractivity contribution >= 4 is 16.9 Å². The molecule has 0 atom stereocenters. The minimum Gasteiger partial charge on any atom is -0.480 e. The van der Waals surface area contributed by atoms with E-state index in [1.54, 1.807) is 24.3 Å². The number of fused-ring (bicyclic) bond motifs is 1. The highest BCUT2D eigenvalue weighted by Crippen LogP contribution is 2.24. The summed E-state index contributed by atoms with van der Waals surface area (Å²) in [6, 6.07) is 15.9. The number of carboxylic acids is 1. The lowest BCUT2D eigenvalue weighted by atomic mass is 10.1. The van der Waals surface area contributed by atoms with Gasteiger partial charge in [-0.05, 0) is 6.07 Å². The van der Waals surface area contributed by atoms with Crippen molar-refractivity contribution in [3.05, 3.63) is 70.4 Å². The Hall–Kier alpha value is -3.48. The molecule has 0 amide bonds. The topological polar surface area (TPSA) is 105 Å². The van der Waals surface area contributed by atoms with Crippen molar-refractivity contribution in [1.29, 1.82) is 0 Å². The van der Waals surface area contributed by atoms with Crippen molar-refractivity contribution in [1.82, 2.24) is 9.55 Å². The number of nitrogens with zero attached hydrogens (tertiary/aromatic N) is 3. The van der Waals surface area contributed by atoms with Gasteiger partial charge >= 0.3 is 5.97 Å². The Kier molecular flexibility index (Phi) is 6.21. The molecule has 2 N–H and O–H groups in total. The van der Waals surface area contributed by atoms with Crippen molar-refractivity contribution in [2.45, 2.75) is 20.4 Å². The normalized spacial score (nSPS) is 10.9. The van der Waals surface area contributed by atoms with Gasteiger partial charge in [-0.1, -0.05) is 67.5 Å². The lowest BCUT2D eigenvalue weighted by Gasteiger charge is -2.05. The second kappa shape index (κ2) is 8.57. The van der Waals surface area contributed by atoms with Crippen LogP contribution in [0.4, 0.5) is 0 Å². The first-order valence-corrected chi connectivity index (χ1v) is 8.11. The van der Waals surface area contributed by atoms with Crippen LogP contribution in [0.1, 0.15) is 13.8 Å². The van der Waals surface area contributed by atoms with Crippen molar-refractivity contribution in [3.63, 3.8) is 0 Å². The van der Waals surface area contributed by atoms with Crippen LogP contribution < -0.4 is 11.0 Å². The summed E-state index contributed by atoms with van der Waals surface area (Å²) in [6.07, 6.45) is 0. The summed E-state index contributed by atoms with van der Waals surface area (Å²) < 4.78 is 1.03. The van der Waals surface area contributed by atoms with Gasteiger partial charge in [-0.2, -0.15) is 0 Å². The molecule has 26 heavy (non-hydrogen) atoms. The van der Waals surface area contributed by atoms with E-state index in [4.69, 9.17) is 10.3 Å². The third-order valence-electron chi connectivity index (χ3n) is 3.54. The minimum atomic E-state index is -1.18. The van der Waals surface area contributed by atoms with Gasteiger partial charge in [0.05, 0.1) is 11.2 Å². The van der Waals surface area contributed by atoms with E-state index < -0.39 is 23.6 Å². The van der Waals surface area contributed by atoms with Crippen LogP contribution in [-0.4, -0.2) is 25.8 Å². The molecule has 0 unspecified atom stereocenters. The highest BCUT2D eigenvalue weighted by molar-refractivity contribution is 5.92. The molecule has 0 radical (unpaired) electrons. The van der Waals surface area contributed by atoms with E-state index in [2.05, 4.69) is 10.1 Å². The SMILES string of the molecule is CC.O=C(O)Cn1c(=O)/c(=N/O)nc(-c2ccccc2)c2ccccc21. The zero-order chi connectivity index (χ0) is 19.1. The predicted octanol–water partition coefficient (Wildman–Crippen LogP) is 2.46. The van der Waals surface area contributed by atoms with Crippen molar-refractivity contribution in [2.24, 2.45) is 5.16 Å². The molecule has 7 heteroatoms. The van der Waals surface area contributed by atoms with Crippen molar-refractivity contribution in [3.8, 4) is 11.3 Å². The molecule has 0 saturated carbocycles. The van der Waals surface area contributed by atoms with E-state index >= 15 is 0 Å². The summed E-state index contributed by atoms with van der Waals surface area (Å²) in [7, 11) is 0. The van der Waals surface area contributed by atoms with E-state index in [-0.39, 0.29) is 0 Å². The van der Waals surface area contributed by atoms with Crippen LogP contribution in [-0.2, 0) is 11.3 Å². The highest BCUT2D eigenvalue weighted by atomic mass is 16.4. The molecule has 0 aliphatic carbocycles. The Balaban J connectivity index is 0.00000117. The maximum Gasteiger partial charge on any atom is 0.323 e. The molecule has 0 aliphatic rings. The number of hydrogen-bond acceptors (Lipinski definition) is 5. The number of benzene rings is 2. The molecule has 7 nitrogen and oxygen atoms in total. The molecule has 1 heterocycles. The molecule has 0 saturated heterocycles. The molecule has 0 bridgehead atoms. The Morgan fingerprint density at radius 3 is 2.31 bits per heavy atom. The van der Waals surface area contributed by atoms with Crippen LogP contribution in [0.15, 0.2) is 64.5 Å². The first-order chi connectivity index (χ1) is 12.6. The molecule has 3 aromatic rings. The number of carbonyl (C=O) groups is 1. The summed E-state index contributed by atoms with van der Waals surface area (Å²) in [6.45, 7) is 3.44. The maximum atomic E-state index is 12.5. The van der Waals surface area contributed by atoms with Crippen molar-refractivity contribution in [2.75, 3.05) is 0 Å². The number of hydrogen-bond donors (Lipinski definition) is 2. The van der Waals surface area contributed by atoms with Gasteiger partial charge in [0.1, 0.15) is 6.54 Å². The maximum absolute atomic E-state index is 12.5. The largest absolute Gasteiger partial charge is 0.480 e. The quantitative estimate of drug-likeness (QED) is 0.556. The number of carboxylic acid groups (broad SMARTS) is 1. The zero-order valence-corrected chi connectivity index (χ0v) is 14.5. The van der Waals surface area contributed by atoms with Gasteiger partial charge in [-0.25, -0.2) is 4.98 Å². The van der Waals surface area contributed by atoms with Crippen LogP contribution in [0.3, 0.4) is 0 Å². The molecule has 0 aliphatic heterocycles. The Labute approximate surface area is 149 Å². The number of rotatable bonds is 3. The zero-order valence-electron chi connectivity index (χ0n) is 14.5. The molecule has 134 valence electrons. The third-order valence-corrected chi connectivity index (χ3v) is 3.54. The third kappa shape index (κ3) is 3.77. The van der Waals surface area contributed by atoms with Gasteiger partial charge in [0, 0.05) is 10.9 Å². The summed E-state index contributed by atoms with van der Waals surface area (Å²) in [5.41, 5.74) is 0.298. The second-order valence-electron chi connectivity index (χ2n) is 5.05. The van der Waals surface area contributed by atoms with Crippen LogP contribution in [0.2, 0.25) is 0 Å². The average Bonchev–Trinajstić information content (AvgIpc) is 2.79. The van der Waals surface area contributed by atoms with E-state index in [1.165, 1.54) is 0 Å². The lowest BCUT2D eigenvalue weighted by molar-refractivity contribution is -0.137. The van der Waals surface area contributed by atoms with Gasteiger partial charge in [-0.15, -0.1) is 0 Å². The lowest BCUT2D eigenvalue weighted by Crippen LogP contribution is -2.35. The molecular weight excluding hydrogens is 334 g/mol. The summed E-state index contributed by atoms with van der Waals surface area (Å²) in [4.78, 5) is 27.8. The molecule has 2 aromatic carbocycles. The fraction of sp³-hybridized carbons (Fsp3) is 0.158. The van der Waals surface area contributed by atoms with Gasteiger partial charge in [-0.3, -0.25) is 14.2 Å². The van der Waals surface area contributed by atoms with E-state index in [0.717, 1.165) is 10.1 Å². The first kappa shape index (κ1) is 18.9. The number of aliphatic carboxylic acids is 1. The first-order valence-electron chi connectivity index (χ1n) is 8.11. The monoisotopic (exact) mass is 353 g/mol. The minimum absolute atomic E-state index is 0.395. The molecule has 0 spiro atoms. The number of aromatic nitrogens is 2. The fourth-order valence-electron chi connectivity index (χ4n) is 2.53. The van der Waals surface area contributed by atoms with Gasteiger partial charge in [0.2, 0.25) is 0 Å². The predicted molar refractivity (Wildman–Crippen MR) is 97.8 cm³/mol. The van der Waals surface area contributed by atoms with Gasteiger partial charge in [0.25, 0.3) is 11.0 Å². The van der Waals surface area contributed by atoms with Crippen LogP contribution in [0, 0.1) is 0 Å². The number of para-hydroxylation sites is 1. The van der Waals surface area contributed by atoms with Crippen LogP contribution in [0.5, 0.6) is 0 Å². The summed E-state index contributed by atoms with van der Waals surface area (Å²) in [5, 5.41) is 21.8. The van der Waals surface area contributed by atoms with E-state index in [9.17, 15) is 9.59 Å².